The molecule has 1 aliphatic rings. The molecule has 1 fully saturated rings. The van der Waals surface area contributed by atoms with E-state index in [4.69, 9.17) is 0 Å². The largest absolute Gasteiger partial charge is 0.403 e. The Morgan fingerprint density at radius 2 is 1.33 bits per heavy atom. The molecule has 1 atom stereocenters. The van der Waals surface area contributed by atoms with Gasteiger partial charge in [0.25, 0.3) is 0 Å². The zero-order valence-electron chi connectivity index (χ0n) is 12.8. The standard InChI is InChI=1S/C15H24F6/c1-4-8-12(3,5-2)11-6-9-13(10-7-11,14(16,17)18)15(19,20)21/h11H,4-10H2,1-3H3. The summed E-state index contributed by atoms with van der Waals surface area (Å²) in [5, 5.41) is 0. The molecule has 0 bridgehead atoms. The second kappa shape index (κ2) is 5.99. The van der Waals surface area contributed by atoms with E-state index in [1.165, 1.54) is 0 Å². The molecule has 21 heavy (non-hydrogen) atoms. The highest BCUT2D eigenvalue weighted by Crippen LogP contribution is 2.61. The van der Waals surface area contributed by atoms with Crippen LogP contribution in [-0.2, 0) is 0 Å². The number of alkyl halides is 6. The summed E-state index contributed by atoms with van der Waals surface area (Å²) in [5.74, 6) is -0.0553. The minimum Gasteiger partial charge on any atom is -0.170 e. The Morgan fingerprint density at radius 3 is 1.62 bits per heavy atom. The van der Waals surface area contributed by atoms with Crippen molar-refractivity contribution < 1.29 is 26.3 Å². The van der Waals surface area contributed by atoms with Crippen LogP contribution in [0.5, 0.6) is 0 Å². The fourth-order valence-corrected chi connectivity index (χ4v) is 3.78. The van der Waals surface area contributed by atoms with Crippen LogP contribution in [0.2, 0.25) is 0 Å². The van der Waals surface area contributed by atoms with E-state index in [0.29, 0.717) is 0 Å². The monoisotopic (exact) mass is 318 g/mol. The normalized spacial score (nSPS) is 23.9. The third-order valence-electron chi connectivity index (χ3n) is 5.54. The molecule has 6 heteroatoms. The minimum absolute atomic E-state index is 0.00333. The topological polar surface area (TPSA) is 0 Å². The van der Waals surface area contributed by atoms with Gasteiger partial charge >= 0.3 is 12.4 Å². The lowest BCUT2D eigenvalue weighted by molar-refractivity contribution is -0.352. The molecule has 126 valence electrons. The summed E-state index contributed by atoms with van der Waals surface area (Å²) < 4.78 is 78.2. The average molecular weight is 318 g/mol. The lowest BCUT2D eigenvalue weighted by atomic mass is 9.60. The van der Waals surface area contributed by atoms with Crippen molar-refractivity contribution in [3.05, 3.63) is 0 Å². The van der Waals surface area contributed by atoms with E-state index in [1.807, 2.05) is 20.8 Å². The molecule has 0 aromatic heterocycles. The maximum absolute atomic E-state index is 13.0. The summed E-state index contributed by atoms with van der Waals surface area (Å²) in [7, 11) is 0. The molecule has 1 saturated carbocycles. The summed E-state index contributed by atoms with van der Waals surface area (Å²) in [6.07, 6.45) is -9.56. The van der Waals surface area contributed by atoms with E-state index in [1.54, 1.807) is 0 Å². The minimum atomic E-state index is -5.22. The van der Waals surface area contributed by atoms with E-state index < -0.39 is 30.6 Å². The molecule has 0 nitrogen and oxygen atoms in total. The predicted octanol–water partition coefficient (Wildman–Crippen LogP) is 6.50. The molecule has 0 aliphatic heterocycles. The summed E-state index contributed by atoms with van der Waals surface area (Å²) in [5.41, 5.74) is -3.66. The van der Waals surface area contributed by atoms with Crippen molar-refractivity contribution in [2.45, 2.75) is 78.1 Å². The average Bonchev–Trinajstić information content (AvgIpc) is 2.36. The number of rotatable bonds is 4. The van der Waals surface area contributed by atoms with E-state index in [0.717, 1.165) is 19.3 Å². The number of halogens is 6. The molecular weight excluding hydrogens is 294 g/mol. The van der Waals surface area contributed by atoms with Gasteiger partial charge in [0.05, 0.1) is 0 Å². The number of hydrogen-bond donors (Lipinski definition) is 0. The van der Waals surface area contributed by atoms with Gasteiger partial charge in [-0.25, -0.2) is 0 Å². The van der Waals surface area contributed by atoms with Crippen LogP contribution >= 0.6 is 0 Å². The van der Waals surface area contributed by atoms with Crippen LogP contribution in [0.1, 0.15) is 65.7 Å². The molecular formula is C15H24F6. The molecule has 1 rings (SSSR count). The van der Waals surface area contributed by atoms with Crippen molar-refractivity contribution in [1.82, 2.24) is 0 Å². The molecule has 1 unspecified atom stereocenters. The molecule has 0 aromatic rings. The lowest BCUT2D eigenvalue weighted by Gasteiger charge is -2.47. The lowest BCUT2D eigenvalue weighted by Crippen LogP contribution is -2.53. The maximum atomic E-state index is 13.0. The Kier molecular flexibility index (Phi) is 5.32. The zero-order chi connectivity index (χ0) is 16.5. The van der Waals surface area contributed by atoms with Crippen LogP contribution in [0.4, 0.5) is 26.3 Å². The van der Waals surface area contributed by atoms with Crippen LogP contribution in [0, 0.1) is 16.7 Å². The first-order valence-corrected chi connectivity index (χ1v) is 7.57. The van der Waals surface area contributed by atoms with E-state index >= 15 is 0 Å². The van der Waals surface area contributed by atoms with Crippen LogP contribution < -0.4 is 0 Å². The van der Waals surface area contributed by atoms with Crippen LogP contribution in [-0.4, -0.2) is 12.4 Å². The summed E-state index contributed by atoms with van der Waals surface area (Å²) in [6.45, 7) is 5.95. The molecule has 1 aliphatic carbocycles. The van der Waals surface area contributed by atoms with Crippen LogP contribution in [0.15, 0.2) is 0 Å². The van der Waals surface area contributed by atoms with E-state index in [-0.39, 0.29) is 24.2 Å². The van der Waals surface area contributed by atoms with Crippen LogP contribution in [0.25, 0.3) is 0 Å². The third kappa shape index (κ3) is 3.34. The van der Waals surface area contributed by atoms with Crippen molar-refractivity contribution in [3.8, 4) is 0 Å². The Labute approximate surface area is 122 Å². The third-order valence-corrected chi connectivity index (χ3v) is 5.54. The van der Waals surface area contributed by atoms with Crippen molar-refractivity contribution in [3.63, 3.8) is 0 Å². The molecule has 0 N–H and O–H groups in total. The van der Waals surface area contributed by atoms with Gasteiger partial charge in [-0.15, -0.1) is 0 Å². The van der Waals surface area contributed by atoms with E-state index in [2.05, 4.69) is 0 Å². The van der Waals surface area contributed by atoms with Crippen LogP contribution in [0.3, 0.4) is 0 Å². The molecule has 0 heterocycles. The Morgan fingerprint density at radius 1 is 0.905 bits per heavy atom. The smallest absolute Gasteiger partial charge is 0.170 e. The van der Waals surface area contributed by atoms with Crippen molar-refractivity contribution in [1.29, 1.82) is 0 Å². The van der Waals surface area contributed by atoms with Gasteiger partial charge in [0, 0.05) is 0 Å². The van der Waals surface area contributed by atoms with Crippen molar-refractivity contribution in [2.75, 3.05) is 0 Å². The fourth-order valence-electron chi connectivity index (χ4n) is 3.78. The van der Waals surface area contributed by atoms with Gasteiger partial charge in [0.1, 0.15) is 0 Å². The maximum Gasteiger partial charge on any atom is 0.403 e. The SMILES string of the molecule is CCCC(C)(CC)C1CCC(C(F)(F)F)(C(F)(F)F)CC1. The number of hydrogen-bond acceptors (Lipinski definition) is 0. The van der Waals surface area contributed by atoms with Gasteiger partial charge < -0.3 is 0 Å². The zero-order valence-corrected chi connectivity index (χ0v) is 12.8. The molecule has 0 radical (unpaired) electrons. The predicted molar refractivity (Wildman–Crippen MR) is 69.8 cm³/mol. The molecule has 0 aromatic carbocycles. The second-order valence-corrected chi connectivity index (χ2v) is 6.61. The first kappa shape index (κ1) is 18.6. The van der Waals surface area contributed by atoms with Crippen molar-refractivity contribution in [2.24, 2.45) is 16.7 Å². The van der Waals surface area contributed by atoms with Gasteiger partial charge in [-0.2, -0.15) is 26.3 Å². The Hall–Kier alpha value is -0.420. The van der Waals surface area contributed by atoms with E-state index in [9.17, 15) is 26.3 Å². The van der Waals surface area contributed by atoms with Gasteiger partial charge in [0.2, 0.25) is 0 Å². The fraction of sp³-hybridized carbons (Fsp3) is 1.00. The van der Waals surface area contributed by atoms with Gasteiger partial charge in [-0.3, -0.25) is 0 Å². The summed E-state index contributed by atoms with van der Waals surface area (Å²) in [6, 6.07) is 0. The molecule has 0 spiro atoms. The second-order valence-electron chi connectivity index (χ2n) is 6.61. The van der Waals surface area contributed by atoms with Gasteiger partial charge in [0.15, 0.2) is 5.41 Å². The summed E-state index contributed by atoms with van der Waals surface area (Å²) in [4.78, 5) is 0. The molecule has 0 saturated heterocycles. The first-order chi connectivity index (χ1) is 9.43. The highest BCUT2D eigenvalue weighted by Gasteiger charge is 2.70. The molecule has 0 amide bonds. The highest BCUT2D eigenvalue weighted by molar-refractivity contribution is 4.99. The first-order valence-electron chi connectivity index (χ1n) is 7.57. The Balaban J connectivity index is 2.95. The van der Waals surface area contributed by atoms with Gasteiger partial charge in [-0.1, -0.05) is 33.6 Å². The van der Waals surface area contributed by atoms with Gasteiger partial charge in [-0.05, 0) is 43.4 Å². The Bertz CT molecular complexity index is 319. The summed E-state index contributed by atoms with van der Waals surface area (Å²) >= 11 is 0. The highest BCUT2D eigenvalue weighted by atomic mass is 19.4. The van der Waals surface area contributed by atoms with Crippen molar-refractivity contribution >= 4 is 0 Å². The quantitative estimate of drug-likeness (QED) is 0.519.